The molecule has 0 heterocycles. The lowest BCUT2D eigenvalue weighted by Gasteiger charge is -2.41. The average molecular weight is 967 g/mol. The summed E-state index contributed by atoms with van der Waals surface area (Å²) in [5, 5.41) is 0. The molecule has 0 unspecified atom stereocenters. The highest BCUT2D eigenvalue weighted by Gasteiger charge is 2.43. The lowest BCUT2D eigenvalue weighted by atomic mass is 9.61. The minimum atomic E-state index is -0.739. The molecule has 12 aromatic rings. The molecular weight excluding hydrogens is 913 g/mol. The van der Waals surface area contributed by atoms with Crippen LogP contribution in [-0.4, -0.2) is 0 Å². The third-order valence-electron chi connectivity index (χ3n) is 16.7. The van der Waals surface area contributed by atoms with Crippen LogP contribution in [0.15, 0.2) is 315 Å². The molecule has 76 heavy (non-hydrogen) atoms. The quantitative estimate of drug-likeness (QED) is 0.113. The van der Waals surface area contributed by atoms with Gasteiger partial charge in [-0.15, -0.1) is 0 Å². The highest BCUT2D eigenvalue weighted by molar-refractivity contribution is 5.84. The molecule has 0 saturated heterocycles. The molecule has 0 aliphatic heterocycles. The molecule has 0 bridgehead atoms. The molecule has 0 amide bonds. The Morgan fingerprint density at radius 3 is 0.671 bits per heavy atom. The van der Waals surface area contributed by atoms with Gasteiger partial charge in [-0.2, -0.15) is 0 Å². The van der Waals surface area contributed by atoms with E-state index in [-0.39, 0.29) is 11.8 Å². The van der Waals surface area contributed by atoms with Gasteiger partial charge in [0, 0.05) is 11.8 Å². The zero-order valence-corrected chi connectivity index (χ0v) is 42.2. The molecule has 2 aliphatic carbocycles. The molecule has 0 spiro atoms. The number of hydrogen-bond acceptors (Lipinski definition) is 0. The van der Waals surface area contributed by atoms with Crippen LogP contribution < -0.4 is 0 Å². The van der Waals surface area contributed by atoms with Crippen molar-refractivity contribution >= 4 is 0 Å². The van der Waals surface area contributed by atoms with Crippen LogP contribution in [0.2, 0.25) is 0 Å². The van der Waals surface area contributed by atoms with E-state index in [2.05, 4.69) is 315 Å². The van der Waals surface area contributed by atoms with Crippen molar-refractivity contribution in [3.63, 3.8) is 0 Å². The first-order valence-corrected chi connectivity index (χ1v) is 26.7. The highest BCUT2D eigenvalue weighted by Crippen LogP contribution is 2.55. The molecule has 12 aromatic carbocycles. The van der Waals surface area contributed by atoms with E-state index in [1.807, 2.05) is 0 Å². The van der Waals surface area contributed by atoms with Crippen LogP contribution in [-0.2, 0) is 10.8 Å². The standard InChI is InChI=1S/C76H54/c1-7-27-57(28-8-1)75(58-29-9-2-10-30-58,59-31-11-3-12-32-59)63-50-54(51-64(52-63)76(60-33-13-4-14-34-60,61-35-15-5-16-36-61)62-37-17-6-18-38-62)53-47-55(73-69-43-23-19-39-65(69)66-40-20-24-44-70(66)73)49-56(48-53)74-71-45-25-21-41-67(71)68-42-22-26-46-72(68)74/h1-52,73-74H. The van der Waals surface area contributed by atoms with Crippen molar-refractivity contribution in [2.45, 2.75) is 22.7 Å². The second-order valence-electron chi connectivity index (χ2n) is 20.6. The zero-order chi connectivity index (χ0) is 50.5. The molecule has 0 heteroatoms. The largest absolute Gasteiger partial charge is 0.0701 e. The molecule has 0 aromatic heterocycles. The number of hydrogen-bond donors (Lipinski definition) is 0. The fourth-order valence-corrected chi connectivity index (χ4v) is 13.6. The predicted octanol–water partition coefficient (Wildman–Crippen LogP) is 18.4. The van der Waals surface area contributed by atoms with Gasteiger partial charge >= 0.3 is 0 Å². The van der Waals surface area contributed by atoms with Crippen LogP contribution in [0.1, 0.15) is 89.7 Å². The number of benzene rings is 12. The first-order valence-electron chi connectivity index (χ1n) is 26.7. The summed E-state index contributed by atoms with van der Waals surface area (Å²) in [4.78, 5) is 0. The van der Waals surface area contributed by atoms with Gasteiger partial charge in [0.2, 0.25) is 0 Å². The van der Waals surface area contributed by atoms with Gasteiger partial charge in [-0.25, -0.2) is 0 Å². The normalized spacial score (nSPS) is 12.9. The Balaban J connectivity index is 1.15. The molecule has 358 valence electrons. The SMILES string of the molecule is c1ccc(C(c2ccccc2)(c2ccccc2)c2cc(-c3cc(C4c5ccccc5-c5ccccc54)cc(C4c5ccccc5-c5ccccc54)c3)cc(C(c3ccccc3)(c3ccccc3)c3ccccc3)c2)cc1. The highest BCUT2D eigenvalue weighted by atomic mass is 14.4. The van der Waals surface area contributed by atoms with Crippen LogP contribution in [0.4, 0.5) is 0 Å². The van der Waals surface area contributed by atoms with Crippen LogP contribution in [0, 0.1) is 0 Å². The minimum Gasteiger partial charge on any atom is -0.0622 e. The van der Waals surface area contributed by atoms with Crippen molar-refractivity contribution in [3.8, 4) is 33.4 Å². The second-order valence-corrected chi connectivity index (χ2v) is 20.6. The third-order valence-corrected chi connectivity index (χ3v) is 16.7. The summed E-state index contributed by atoms with van der Waals surface area (Å²) in [7, 11) is 0. The van der Waals surface area contributed by atoms with Crippen molar-refractivity contribution in [1.82, 2.24) is 0 Å². The molecule has 0 radical (unpaired) electrons. The molecular formula is C76H54. The summed E-state index contributed by atoms with van der Waals surface area (Å²) in [6, 6.07) is 119. The van der Waals surface area contributed by atoms with E-state index in [0.29, 0.717) is 0 Å². The number of fused-ring (bicyclic) bond motifs is 6. The molecule has 14 rings (SSSR count). The fourth-order valence-electron chi connectivity index (χ4n) is 13.6. The smallest absolute Gasteiger partial charge is 0.0622 e. The van der Waals surface area contributed by atoms with Gasteiger partial charge < -0.3 is 0 Å². The van der Waals surface area contributed by atoms with Crippen LogP contribution in [0.5, 0.6) is 0 Å². The Morgan fingerprint density at radius 2 is 0.408 bits per heavy atom. The van der Waals surface area contributed by atoms with Crippen LogP contribution in [0.25, 0.3) is 33.4 Å². The van der Waals surface area contributed by atoms with Crippen molar-refractivity contribution in [2.24, 2.45) is 0 Å². The van der Waals surface area contributed by atoms with Gasteiger partial charge in [-0.3, -0.25) is 0 Å². The minimum absolute atomic E-state index is 0.0368. The Bertz CT molecular complexity index is 3490. The van der Waals surface area contributed by atoms with E-state index in [1.165, 1.54) is 106 Å². The van der Waals surface area contributed by atoms with Gasteiger partial charge in [0.05, 0.1) is 10.8 Å². The maximum absolute atomic E-state index is 2.56. The van der Waals surface area contributed by atoms with Crippen molar-refractivity contribution in [1.29, 1.82) is 0 Å². The van der Waals surface area contributed by atoms with Gasteiger partial charge in [0.15, 0.2) is 0 Å². The van der Waals surface area contributed by atoms with E-state index in [1.54, 1.807) is 0 Å². The Hall–Kier alpha value is -9.36. The Morgan fingerprint density at radius 1 is 0.184 bits per heavy atom. The van der Waals surface area contributed by atoms with Gasteiger partial charge in [-0.05, 0) is 123 Å². The second kappa shape index (κ2) is 18.8. The van der Waals surface area contributed by atoms with E-state index in [9.17, 15) is 0 Å². The monoisotopic (exact) mass is 966 g/mol. The Kier molecular flexibility index (Phi) is 11.2. The Labute approximate surface area is 447 Å². The van der Waals surface area contributed by atoms with Crippen LogP contribution in [0.3, 0.4) is 0 Å². The molecule has 0 nitrogen and oxygen atoms in total. The van der Waals surface area contributed by atoms with Gasteiger partial charge in [0.25, 0.3) is 0 Å². The first-order chi connectivity index (χ1) is 37.7. The third kappa shape index (κ3) is 7.20. The lowest BCUT2D eigenvalue weighted by molar-refractivity contribution is 0.718. The van der Waals surface area contributed by atoms with E-state index >= 15 is 0 Å². The van der Waals surface area contributed by atoms with Crippen molar-refractivity contribution in [3.05, 3.63) is 393 Å². The lowest BCUT2D eigenvalue weighted by Crippen LogP contribution is -2.34. The average Bonchev–Trinajstić information content (AvgIpc) is 4.06. The van der Waals surface area contributed by atoms with Gasteiger partial charge in [-0.1, -0.05) is 303 Å². The summed E-state index contributed by atoms with van der Waals surface area (Å²) in [5.41, 5.74) is 23.7. The van der Waals surface area contributed by atoms with E-state index in [0.717, 1.165) is 5.56 Å². The molecule has 0 saturated carbocycles. The molecule has 2 aliphatic rings. The van der Waals surface area contributed by atoms with Gasteiger partial charge in [0.1, 0.15) is 0 Å². The van der Waals surface area contributed by atoms with E-state index in [4.69, 9.17) is 0 Å². The molecule has 0 fully saturated rings. The fraction of sp³-hybridized carbons (Fsp3) is 0.0526. The maximum Gasteiger partial charge on any atom is 0.0701 e. The summed E-state index contributed by atoms with van der Waals surface area (Å²) in [6.07, 6.45) is 0. The summed E-state index contributed by atoms with van der Waals surface area (Å²) >= 11 is 0. The summed E-state index contributed by atoms with van der Waals surface area (Å²) in [5.74, 6) is 0.0736. The summed E-state index contributed by atoms with van der Waals surface area (Å²) in [6.45, 7) is 0. The van der Waals surface area contributed by atoms with Crippen LogP contribution >= 0.6 is 0 Å². The van der Waals surface area contributed by atoms with E-state index < -0.39 is 10.8 Å². The first kappa shape index (κ1) is 45.3. The summed E-state index contributed by atoms with van der Waals surface area (Å²) < 4.78 is 0. The predicted molar refractivity (Wildman–Crippen MR) is 314 cm³/mol. The molecule has 0 N–H and O–H groups in total. The maximum atomic E-state index is 2.56. The van der Waals surface area contributed by atoms with Crippen molar-refractivity contribution < 1.29 is 0 Å². The number of rotatable bonds is 11. The van der Waals surface area contributed by atoms with Crippen molar-refractivity contribution in [2.75, 3.05) is 0 Å². The molecule has 0 atom stereocenters. The zero-order valence-electron chi connectivity index (χ0n) is 42.2. The topological polar surface area (TPSA) is 0 Å².